The van der Waals surface area contributed by atoms with Gasteiger partial charge in [-0.25, -0.2) is 0 Å². The van der Waals surface area contributed by atoms with E-state index in [-0.39, 0.29) is 17.5 Å². The molecule has 0 spiro atoms. The van der Waals surface area contributed by atoms with E-state index in [1.54, 1.807) is 6.08 Å². The second-order valence-electron chi connectivity index (χ2n) is 6.55. The number of likely N-dealkylation sites (tertiary alicyclic amines) is 1. The van der Waals surface area contributed by atoms with Gasteiger partial charge in [-0.15, -0.1) is 0 Å². The van der Waals surface area contributed by atoms with Gasteiger partial charge >= 0.3 is 0 Å². The molecule has 18 heavy (non-hydrogen) atoms. The number of Topliss-reactive ketones (excluding diaryl/α,β-unsaturated/α-hetero) is 1. The normalized spacial score (nSPS) is 28.8. The number of allylic oxidation sites excluding steroid dienone is 2. The Morgan fingerprint density at radius 3 is 2.33 bits per heavy atom. The first-order valence-electron chi connectivity index (χ1n) is 6.87. The predicted molar refractivity (Wildman–Crippen MR) is 71.0 cm³/mol. The van der Waals surface area contributed by atoms with Crippen molar-refractivity contribution in [3.63, 3.8) is 0 Å². The van der Waals surface area contributed by atoms with Crippen LogP contribution in [0.2, 0.25) is 0 Å². The Kier molecular flexibility index (Phi) is 3.35. The Morgan fingerprint density at radius 1 is 1.28 bits per heavy atom. The van der Waals surface area contributed by atoms with Crippen molar-refractivity contribution >= 4 is 11.6 Å². The summed E-state index contributed by atoms with van der Waals surface area (Å²) in [5.41, 5.74) is 0.642. The summed E-state index contributed by atoms with van der Waals surface area (Å²) in [5.74, 6) is -0.335. The number of rotatable bonds is 2. The maximum atomic E-state index is 12.4. The first-order chi connectivity index (χ1) is 8.32. The van der Waals surface area contributed by atoms with Crippen molar-refractivity contribution < 1.29 is 9.59 Å². The average Bonchev–Trinajstić information content (AvgIpc) is 2.85. The van der Waals surface area contributed by atoms with Gasteiger partial charge in [0.05, 0.1) is 5.92 Å². The highest BCUT2D eigenvalue weighted by atomic mass is 16.2. The topological polar surface area (TPSA) is 37.4 Å². The van der Waals surface area contributed by atoms with E-state index in [0.29, 0.717) is 0 Å². The minimum absolute atomic E-state index is 0.00400. The summed E-state index contributed by atoms with van der Waals surface area (Å²) in [6.07, 6.45) is 4.09. The smallest absolute Gasteiger partial charge is 0.168 e. The third-order valence-electron chi connectivity index (χ3n) is 4.06. The van der Waals surface area contributed by atoms with Gasteiger partial charge in [-0.1, -0.05) is 27.7 Å². The quantitative estimate of drug-likeness (QED) is 0.705. The zero-order chi connectivity index (χ0) is 13.5. The van der Waals surface area contributed by atoms with E-state index < -0.39 is 11.3 Å². The zero-order valence-electron chi connectivity index (χ0n) is 11.8. The second-order valence-corrected chi connectivity index (χ2v) is 6.55. The van der Waals surface area contributed by atoms with Crippen LogP contribution in [0.25, 0.3) is 0 Å². The largest absolute Gasteiger partial charge is 0.374 e. The van der Waals surface area contributed by atoms with Gasteiger partial charge in [0, 0.05) is 36.2 Å². The Hall–Kier alpha value is -1.12. The van der Waals surface area contributed by atoms with Gasteiger partial charge in [-0.05, 0) is 12.8 Å². The van der Waals surface area contributed by atoms with E-state index in [1.807, 2.05) is 27.7 Å². The highest BCUT2D eigenvalue weighted by Crippen LogP contribution is 2.37. The molecule has 2 atom stereocenters. The Bertz CT molecular complexity index is 397. The molecule has 1 aliphatic heterocycles. The maximum absolute atomic E-state index is 12.4. The van der Waals surface area contributed by atoms with Crippen LogP contribution in [-0.4, -0.2) is 29.6 Å². The summed E-state index contributed by atoms with van der Waals surface area (Å²) in [7, 11) is 0. The summed E-state index contributed by atoms with van der Waals surface area (Å²) in [5, 5.41) is 0. The number of ketones is 2. The highest BCUT2D eigenvalue weighted by Gasteiger charge is 2.43. The van der Waals surface area contributed by atoms with Crippen molar-refractivity contribution in [2.75, 3.05) is 13.1 Å². The zero-order valence-corrected chi connectivity index (χ0v) is 11.8. The van der Waals surface area contributed by atoms with Gasteiger partial charge < -0.3 is 4.90 Å². The Morgan fingerprint density at radius 2 is 1.83 bits per heavy atom. The fourth-order valence-corrected chi connectivity index (χ4v) is 2.96. The molecule has 3 heteroatoms. The monoisotopic (exact) mass is 249 g/mol. The summed E-state index contributed by atoms with van der Waals surface area (Å²) in [6, 6.07) is 0. The summed E-state index contributed by atoms with van der Waals surface area (Å²) >= 11 is 0. The Balaban J connectivity index is 2.18. The van der Waals surface area contributed by atoms with Gasteiger partial charge in [0.1, 0.15) is 5.78 Å². The molecule has 1 saturated heterocycles. The molecular formula is C15H23NO2. The van der Waals surface area contributed by atoms with Crippen molar-refractivity contribution in [3.05, 3.63) is 11.8 Å². The van der Waals surface area contributed by atoms with Crippen LogP contribution in [0.5, 0.6) is 0 Å². The van der Waals surface area contributed by atoms with Crippen LogP contribution in [0.4, 0.5) is 0 Å². The van der Waals surface area contributed by atoms with Gasteiger partial charge in [0.15, 0.2) is 5.78 Å². The lowest BCUT2D eigenvalue weighted by Gasteiger charge is -2.28. The maximum Gasteiger partial charge on any atom is 0.168 e. The van der Waals surface area contributed by atoms with E-state index in [1.165, 1.54) is 12.8 Å². The molecule has 0 aromatic carbocycles. The van der Waals surface area contributed by atoms with Crippen LogP contribution >= 0.6 is 0 Å². The number of nitrogens with zero attached hydrogens (tertiary/aromatic N) is 1. The molecule has 2 aliphatic rings. The molecule has 0 aromatic rings. The van der Waals surface area contributed by atoms with Crippen LogP contribution in [0.15, 0.2) is 11.8 Å². The standard InChI is InChI=1S/C15H23NO2/c1-10-11(16-7-5-6-8-16)9-12(17)13(10)14(18)15(2,3)4/h9-10,13H,5-8H2,1-4H3. The minimum Gasteiger partial charge on any atom is -0.374 e. The number of carbonyl (C=O) groups excluding carboxylic acids is 2. The number of hydrogen-bond acceptors (Lipinski definition) is 3. The lowest BCUT2D eigenvalue weighted by molar-refractivity contribution is -0.136. The van der Waals surface area contributed by atoms with Crippen LogP contribution < -0.4 is 0 Å². The molecule has 1 heterocycles. The lowest BCUT2D eigenvalue weighted by Crippen LogP contribution is -2.35. The van der Waals surface area contributed by atoms with Gasteiger partial charge in [-0.3, -0.25) is 9.59 Å². The molecule has 2 rings (SSSR count). The molecule has 0 bridgehead atoms. The lowest BCUT2D eigenvalue weighted by atomic mass is 9.78. The first kappa shape index (κ1) is 13.3. The van der Waals surface area contributed by atoms with Gasteiger partial charge in [-0.2, -0.15) is 0 Å². The predicted octanol–water partition coefficient (Wildman–Crippen LogP) is 2.42. The van der Waals surface area contributed by atoms with Crippen molar-refractivity contribution in [2.45, 2.75) is 40.5 Å². The average molecular weight is 249 g/mol. The van der Waals surface area contributed by atoms with Crippen LogP contribution in [-0.2, 0) is 9.59 Å². The second kappa shape index (κ2) is 4.52. The summed E-state index contributed by atoms with van der Waals surface area (Å²) in [6.45, 7) is 9.75. The molecule has 2 unspecified atom stereocenters. The molecule has 3 nitrogen and oxygen atoms in total. The Labute approximate surface area is 109 Å². The van der Waals surface area contributed by atoms with Crippen molar-refractivity contribution in [1.82, 2.24) is 4.90 Å². The van der Waals surface area contributed by atoms with Crippen molar-refractivity contribution in [2.24, 2.45) is 17.3 Å². The van der Waals surface area contributed by atoms with Gasteiger partial charge in [0.2, 0.25) is 0 Å². The minimum atomic E-state index is -0.458. The van der Waals surface area contributed by atoms with Crippen LogP contribution in [0.1, 0.15) is 40.5 Å². The fraction of sp³-hybridized carbons (Fsp3) is 0.733. The van der Waals surface area contributed by atoms with E-state index in [4.69, 9.17) is 0 Å². The summed E-state index contributed by atoms with van der Waals surface area (Å²) in [4.78, 5) is 26.8. The van der Waals surface area contributed by atoms with E-state index >= 15 is 0 Å². The molecule has 100 valence electrons. The van der Waals surface area contributed by atoms with E-state index in [0.717, 1.165) is 18.8 Å². The SMILES string of the molecule is CC1C(N2CCCC2)=CC(=O)C1C(=O)C(C)(C)C. The molecule has 1 aliphatic carbocycles. The van der Waals surface area contributed by atoms with Crippen molar-refractivity contribution in [1.29, 1.82) is 0 Å². The van der Waals surface area contributed by atoms with Crippen LogP contribution in [0.3, 0.4) is 0 Å². The van der Waals surface area contributed by atoms with Crippen molar-refractivity contribution in [3.8, 4) is 0 Å². The first-order valence-corrected chi connectivity index (χ1v) is 6.87. The number of hydrogen-bond donors (Lipinski definition) is 0. The summed E-state index contributed by atoms with van der Waals surface area (Å²) < 4.78 is 0. The highest BCUT2D eigenvalue weighted by molar-refractivity contribution is 6.11. The molecule has 0 aromatic heterocycles. The third kappa shape index (κ3) is 2.23. The van der Waals surface area contributed by atoms with Gasteiger partial charge in [0.25, 0.3) is 0 Å². The molecule has 0 amide bonds. The molecule has 0 saturated carbocycles. The fourth-order valence-electron chi connectivity index (χ4n) is 2.96. The molecule has 0 radical (unpaired) electrons. The molecule has 0 N–H and O–H groups in total. The van der Waals surface area contributed by atoms with E-state index in [2.05, 4.69) is 4.90 Å². The van der Waals surface area contributed by atoms with E-state index in [9.17, 15) is 9.59 Å². The molecule has 1 fully saturated rings. The van der Waals surface area contributed by atoms with Crippen LogP contribution in [0, 0.1) is 17.3 Å². The number of carbonyl (C=O) groups is 2. The third-order valence-corrected chi connectivity index (χ3v) is 4.06. The molecular weight excluding hydrogens is 226 g/mol.